The number of rotatable bonds is 6. The molecule has 0 amide bonds. The Bertz CT molecular complexity index is 706. The lowest BCUT2D eigenvalue weighted by Crippen LogP contribution is -2.08. The Labute approximate surface area is 128 Å². The minimum atomic E-state index is -3.78. The van der Waals surface area contributed by atoms with Gasteiger partial charge in [-0.25, -0.2) is 0 Å². The number of carboxylic acid groups (broad SMARTS) is 1. The zero-order valence-electron chi connectivity index (χ0n) is 12.0. The molecular weight excluding hydrogens is 303 g/mol. The molecule has 1 aromatic heterocycles. The molecule has 2 rings (SSSR count). The number of anilines is 1. The molecule has 116 valence electrons. The fourth-order valence-electron chi connectivity index (χ4n) is 2.04. The number of hydrogen-bond donors (Lipinski definition) is 3. The van der Waals surface area contributed by atoms with E-state index >= 15 is 0 Å². The lowest BCUT2D eigenvalue weighted by Gasteiger charge is -2.22. The summed E-state index contributed by atoms with van der Waals surface area (Å²) in [6.45, 7) is 1.63. The van der Waals surface area contributed by atoms with Gasteiger partial charge in [0.25, 0.3) is 7.52 Å². The van der Waals surface area contributed by atoms with Gasteiger partial charge in [0, 0.05) is 18.1 Å². The van der Waals surface area contributed by atoms with Gasteiger partial charge in [0.15, 0.2) is 0 Å². The van der Waals surface area contributed by atoms with E-state index in [9.17, 15) is 14.3 Å². The highest BCUT2D eigenvalue weighted by Crippen LogP contribution is 2.54. The number of carbonyl (C=O) groups is 1. The maximum absolute atomic E-state index is 12.6. The first-order valence-corrected chi connectivity index (χ1v) is 8.43. The van der Waals surface area contributed by atoms with Gasteiger partial charge in [-0.1, -0.05) is 24.3 Å². The average Bonchev–Trinajstić information content (AvgIpc) is 2.48. The molecule has 6 nitrogen and oxygen atoms in total. The van der Waals surface area contributed by atoms with E-state index in [4.69, 9.17) is 5.11 Å². The number of carboxylic acids is 1. The molecule has 0 aliphatic carbocycles. The van der Waals surface area contributed by atoms with E-state index in [0.29, 0.717) is 16.8 Å². The monoisotopic (exact) mass is 320 g/mol. The summed E-state index contributed by atoms with van der Waals surface area (Å²) in [5.41, 5.74) is 0.782. The van der Waals surface area contributed by atoms with Gasteiger partial charge in [0.1, 0.15) is 0 Å². The molecule has 7 heteroatoms. The Kier molecular flexibility index (Phi) is 4.96. The summed E-state index contributed by atoms with van der Waals surface area (Å²) in [4.78, 5) is 25.1. The van der Waals surface area contributed by atoms with Crippen LogP contribution in [0.2, 0.25) is 0 Å². The molecule has 2 atom stereocenters. The molecule has 0 aliphatic rings. The Morgan fingerprint density at radius 1 is 1.32 bits per heavy atom. The van der Waals surface area contributed by atoms with Crippen molar-refractivity contribution in [1.82, 2.24) is 4.98 Å². The summed E-state index contributed by atoms with van der Waals surface area (Å²) < 4.78 is 12.6. The van der Waals surface area contributed by atoms with Crippen LogP contribution in [0.25, 0.3) is 0 Å². The first-order chi connectivity index (χ1) is 10.4. The Hall–Kier alpha value is -2.17. The second-order valence-electron chi connectivity index (χ2n) is 4.92. The second-order valence-corrected chi connectivity index (χ2v) is 7.17. The summed E-state index contributed by atoms with van der Waals surface area (Å²) >= 11 is 0. The highest BCUT2D eigenvalue weighted by Gasteiger charge is 2.29. The molecule has 3 N–H and O–H groups in total. The topological polar surface area (TPSA) is 99.5 Å². The molecule has 1 heterocycles. The minimum absolute atomic E-state index is 0.218. The third kappa shape index (κ3) is 3.93. The highest BCUT2D eigenvalue weighted by atomic mass is 31.2. The Balaban J connectivity index is 2.25. The molecule has 1 aromatic carbocycles. The third-order valence-electron chi connectivity index (χ3n) is 3.33. The quantitative estimate of drug-likeness (QED) is 0.707. The van der Waals surface area contributed by atoms with Crippen molar-refractivity contribution in [2.24, 2.45) is 0 Å². The van der Waals surface area contributed by atoms with E-state index in [-0.39, 0.29) is 6.42 Å². The average molecular weight is 320 g/mol. The Morgan fingerprint density at radius 3 is 2.68 bits per heavy atom. The van der Waals surface area contributed by atoms with Crippen molar-refractivity contribution in [3.05, 3.63) is 59.9 Å². The standard InChI is InChI=1S/C15H17N2O4P/c1-11(13-6-4-8-16-10-13)22(20,21)17-14-7-3-2-5-12(14)9-15(18)19/h2-8,10-11H,9H2,1H3,(H,18,19)(H2,17,20,21). The van der Waals surface area contributed by atoms with Crippen molar-refractivity contribution in [3.8, 4) is 0 Å². The van der Waals surface area contributed by atoms with Crippen molar-refractivity contribution in [2.45, 2.75) is 19.0 Å². The van der Waals surface area contributed by atoms with Crippen LogP contribution in [0.3, 0.4) is 0 Å². The summed E-state index contributed by atoms with van der Waals surface area (Å²) in [7, 11) is -3.78. The maximum Gasteiger partial charge on any atom is 0.307 e. The van der Waals surface area contributed by atoms with E-state index in [2.05, 4.69) is 10.1 Å². The molecule has 2 unspecified atom stereocenters. The first kappa shape index (κ1) is 16.2. The van der Waals surface area contributed by atoms with Crippen molar-refractivity contribution < 1.29 is 19.4 Å². The number of nitrogens with zero attached hydrogens (tertiary/aromatic N) is 1. The van der Waals surface area contributed by atoms with Gasteiger partial charge >= 0.3 is 5.97 Å². The molecule has 0 saturated heterocycles. The molecule has 0 fully saturated rings. The van der Waals surface area contributed by atoms with Gasteiger partial charge < -0.3 is 15.1 Å². The molecule has 2 aromatic rings. The zero-order valence-corrected chi connectivity index (χ0v) is 12.9. The number of benzene rings is 1. The minimum Gasteiger partial charge on any atom is -0.481 e. The molecule has 0 bridgehead atoms. The van der Waals surface area contributed by atoms with Gasteiger partial charge in [0.05, 0.1) is 12.1 Å². The SMILES string of the molecule is CC(c1cccnc1)P(=O)(O)Nc1ccccc1CC(=O)O. The number of para-hydroxylation sites is 1. The normalized spacial score (nSPS) is 14.8. The molecule has 0 spiro atoms. The molecule has 0 radical (unpaired) electrons. The number of nitrogens with one attached hydrogen (secondary N) is 1. The first-order valence-electron chi connectivity index (χ1n) is 6.70. The summed E-state index contributed by atoms with van der Waals surface area (Å²) in [5.74, 6) is -0.998. The van der Waals surface area contributed by atoms with Crippen LogP contribution >= 0.6 is 7.52 Å². The van der Waals surface area contributed by atoms with Crippen LogP contribution in [-0.4, -0.2) is 21.0 Å². The van der Waals surface area contributed by atoms with Gasteiger partial charge in [-0.15, -0.1) is 0 Å². The molecule has 22 heavy (non-hydrogen) atoms. The largest absolute Gasteiger partial charge is 0.481 e. The summed E-state index contributed by atoms with van der Waals surface area (Å²) in [5, 5.41) is 11.5. The lowest BCUT2D eigenvalue weighted by molar-refractivity contribution is -0.136. The number of aliphatic carboxylic acids is 1. The predicted molar refractivity (Wildman–Crippen MR) is 83.9 cm³/mol. The van der Waals surface area contributed by atoms with E-state index in [1.807, 2.05) is 0 Å². The molecule has 0 saturated carbocycles. The van der Waals surface area contributed by atoms with Crippen LogP contribution in [-0.2, 0) is 15.8 Å². The number of aromatic nitrogens is 1. The van der Waals surface area contributed by atoms with Crippen molar-refractivity contribution in [1.29, 1.82) is 0 Å². The van der Waals surface area contributed by atoms with Gasteiger partial charge in [-0.05, 0) is 30.2 Å². The number of hydrogen-bond acceptors (Lipinski definition) is 3. The smallest absolute Gasteiger partial charge is 0.307 e. The van der Waals surface area contributed by atoms with Gasteiger partial charge in [0.2, 0.25) is 0 Å². The van der Waals surface area contributed by atoms with Crippen molar-refractivity contribution >= 4 is 19.2 Å². The summed E-state index contributed by atoms with van der Waals surface area (Å²) in [6, 6.07) is 10.0. The van der Waals surface area contributed by atoms with Crippen LogP contribution in [0.15, 0.2) is 48.8 Å². The van der Waals surface area contributed by atoms with Crippen LogP contribution in [0.1, 0.15) is 23.7 Å². The van der Waals surface area contributed by atoms with Crippen molar-refractivity contribution in [2.75, 3.05) is 5.09 Å². The summed E-state index contributed by atoms with van der Waals surface area (Å²) in [6.07, 6.45) is 2.91. The second kappa shape index (κ2) is 6.73. The lowest BCUT2D eigenvalue weighted by atomic mass is 10.1. The zero-order chi connectivity index (χ0) is 16.2. The van der Waals surface area contributed by atoms with Crippen LogP contribution in [0, 0.1) is 0 Å². The Morgan fingerprint density at radius 2 is 2.05 bits per heavy atom. The van der Waals surface area contributed by atoms with Crippen LogP contribution in [0.5, 0.6) is 0 Å². The maximum atomic E-state index is 12.6. The molecule has 0 aliphatic heterocycles. The predicted octanol–water partition coefficient (Wildman–Crippen LogP) is 3.07. The van der Waals surface area contributed by atoms with E-state index in [1.165, 1.54) is 0 Å². The van der Waals surface area contributed by atoms with Gasteiger partial charge in [-0.2, -0.15) is 0 Å². The highest BCUT2D eigenvalue weighted by molar-refractivity contribution is 7.59. The van der Waals surface area contributed by atoms with Crippen LogP contribution < -0.4 is 5.09 Å². The van der Waals surface area contributed by atoms with Crippen molar-refractivity contribution in [3.63, 3.8) is 0 Å². The van der Waals surface area contributed by atoms with E-state index < -0.39 is 19.1 Å². The third-order valence-corrected chi connectivity index (χ3v) is 5.24. The van der Waals surface area contributed by atoms with Crippen LogP contribution in [0.4, 0.5) is 5.69 Å². The number of pyridine rings is 1. The fourth-order valence-corrected chi connectivity index (χ4v) is 3.35. The fraction of sp³-hybridized carbons (Fsp3) is 0.200. The van der Waals surface area contributed by atoms with Gasteiger partial charge in [-0.3, -0.25) is 14.3 Å². The molecular formula is C15H17N2O4P. The van der Waals surface area contributed by atoms with E-state index in [1.54, 1.807) is 55.7 Å². The van der Waals surface area contributed by atoms with E-state index in [0.717, 1.165) is 0 Å².